The quantitative estimate of drug-likeness (QED) is 0.780. The molecule has 1 aliphatic carbocycles. The van der Waals surface area contributed by atoms with Crippen molar-refractivity contribution >= 4 is 10.2 Å². The highest BCUT2D eigenvalue weighted by Crippen LogP contribution is 2.39. The Bertz CT molecular complexity index is 387. The lowest BCUT2D eigenvalue weighted by Crippen LogP contribution is -2.60. The highest BCUT2D eigenvalue weighted by molar-refractivity contribution is 7.86. The van der Waals surface area contributed by atoms with Gasteiger partial charge in [0, 0.05) is 32.7 Å². The van der Waals surface area contributed by atoms with Crippen LogP contribution in [0.5, 0.6) is 0 Å². The summed E-state index contributed by atoms with van der Waals surface area (Å²) in [6, 6.07) is 0. The van der Waals surface area contributed by atoms with Gasteiger partial charge in [-0.25, -0.2) is 0 Å². The summed E-state index contributed by atoms with van der Waals surface area (Å²) >= 11 is 0. The van der Waals surface area contributed by atoms with Crippen molar-refractivity contribution in [1.82, 2.24) is 8.61 Å². The third-order valence-corrected chi connectivity index (χ3v) is 6.74. The molecule has 20 heavy (non-hydrogen) atoms. The van der Waals surface area contributed by atoms with Crippen LogP contribution in [-0.4, -0.2) is 49.8 Å². The number of rotatable bonds is 7. The summed E-state index contributed by atoms with van der Waals surface area (Å²) in [5.41, 5.74) is 5.64. The van der Waals surface area contributed by atoms with E-state index in [4.69, 9.17) is 5.73 Å². The predicted molar refractivity (Wildman–Crippen MR) is 83.6 cm³/mol. The van der Waals surface area contributed by atoms with Crippen LogP contribution in [0.15, 0.2) is 0 Å². The van der Waals surface area contributed by atoms with E-state index in [0.717, 1.165) is 38.0 Å². The van der Waals surface area contributed by atoms with Crippen molar-refractivity contribution in [2.75, 3.05) is 27.2 Å². The van der Waals surface area contributed by atoms with Gasteiger partial charge in [0.1, 0.15) is 0 Å². The topological polar surface area (TPSA) is 66.6 Å². The Morgan fingerprint density at radius 2 is 1.75 bits per heavy atom. The Morgan fingerprint density at radius 3 is 2.10 bits per heavy atom. The lowest BCUT2D eigenvalue weighted by atomic mass is 9.75. The van der Waals surface area contributed by atoms with Crippen LogP contribution >= 0.6 is 0 Å². The van der Waals surface area contributed by atoms with Gasteiger partial charge in [0.15, 0.2) is 0 Å². The Balaban J connectivity index is 3.05. The molecule has 0 spiro atoms. The van der Waals surface area contributed by atoms with Crippen molar-refractivity contribution in [3.63, 3.8) is 0 Å². The SMILES string of the molecule is CCCN(C1(CN)CCC(CC)CC1)S(=O)(=O)N(C)C. The maximum atomic E-state index is 12.6. The Labute approximate surface area is 124 Å². The van der Waals surface area contributed by atoms with Gasteiger partial charge in [-0.3, -0.25) is 0 Å². The van der Waals surface area contributed by atoms with E-state index in [1.807, 2.05) is 6.92 Å². The minimum absolute atomic E-state index is 0.384. The van der Waals surface area contributed by atoms with Gasteiger partial charge in [0.25, 0.3) is 10.2 Å². The van der Waals surface area contributed by atoms with E-state index in [1.165, 1.54) is 10.7 Å². The van der Waals surface area contributed by atoms with Gasteiger partial charge in [0.05, 0.1) is 0 Å². The zero-order chi connectivity index (χ0) is 15.4. The molecule has 120 valence electrons. The molecule has 6 heteroatoms. The van der Waals surface area contributed by atoms with E-state index in [0.29, 0.717) is 13.1 Å². The normalized spacial score (nSPS) is 28.2. The molecule has 2 N–H and O–H groups in total. The molecule has 1 rings (SSSR count). The summed E-state index contributed by atoms with van der Waals surface area (Å²) in [5.74, 6) is 0.722. The van der Waals surface area contributed by atoms with E-state index >= 15 is 0 Å². The van der Waals surface area contributed by atoms with Gasteiger partial charge in [-0.05, 0) is 38.0 Å². The van der Waals surface area contributed by atoms with E-state index < -0.39 is 10.2 Å². The van der Waals surface area contributed by atoms with Crippen LogP contribution < -0.4 is 5.73 Å². The van der Waals surface area contributed by atoms with Crippen molar-refractivity contribution in [2.24, 2.45) is 11.7 Å². The Kier molecular flexibility index (Phi) is 6.44. The van der Waals surface area contributed by atoms with Crippen LogP contribution in [0.3, 0.4) is 0 Å². The highest BCUT2D eigenvalue weighted by atomic mass is 32.2. The molecule has 1 fully saturated rings. The lowest BCUT2D eigenvalue weighted by molar-refractivity contribution is 0.105. The molecule has 0 aromatic heterocycles. The monoisotopic (exact) mass is 305 g/mol. The molecule has 0 saturated heterocycles. The van der Waals surface area contributed by atoms with E-state index in [1.54, 1.807) is 18.4 Å². The fourth-order valence-electron chi connectivity index (χ4n) is 3.18. The van der Waals surface area contributed by atoms with Crippen molar-refractivity contribution in [1.29, 1.82) is 0 Å². The maximum absolute atomic E-state index is 12.6. The number of hydrogen-bond acceptors (Lipinski definition) is 3. The molecule has 0 radical (unpaired) electrons. The summed E-state index contributed by atoms with van der Waals surface area (Å²) in [4.78, 5) is 0. The predicted octanol–water partition coefficient (Wildman–Crippen LogP) is 1.80. The second kappa shape index (κ2) is 7.20. The molecule has 0 heterocycles. The Hall–Kier alpha value is -0.170. The first kappa shape index (κ1) is 17.9. The zero-order valence-electron chi connectivity index (χ0n) is 13.4. The molecule has 0 atom stereocenters. The molecule has 0 aliphatic heterocycles. The third-order valence-electron chi connectivity index (χ3n) is 4.69. The maximum Gasteiger partial charge on any atom is 0.282 e. The molecular formula is C14H31N3O2S. The van der Waals surface area contributed by atoms with Crippen LogP contribution in [0.4, 0.5) is 0 Å². The van der Waals surface area contributed by atoms with E-state index in [9.17, 15) is 8.42 Å². The number of nitrogens with zero attached hydrogens (tertiary/aromatic N) is 2. The van der Waals surface area contributed by atoms with Crippen LogP contribution in [0.2, 0.25) is 0 Å². The lowest BCUT2D eigenvalue weighted by Gasteiger charge is -2.47. The molecule has 1 saturated carbocycles. The van der Waals surface area contributed by atoms with Crippen LogP contribution in [0.1, 0.15) is 52.4 Å². The minimum atomic E-state index is -3.41. The third kappa shape index (κ3) is 3.53. The molecule has 0 aromatic rings. The van der Waals surface area contributed by atoms with Crippen molar-refractivity contribution in [2.45, 2.75) is 57.9 Å². The minimum Gasteiger partial charge on any atom is -0.329 e. The second-order valence-electron chi connectivity index (χ2n) is 6.14. The molecule has 0 aromatic carbocycles. The Morgan fingerprint density at radius 1 is 1.20 bits per heavy atom. The van der Waals surface area contributed by atoms with Gasteiger partial charge < -0.3 is 5.73 Å². The fraction of sp³-hybridized carbons (Fsp3) is 1.00. The molecule has 0 unspecified atom stereocenters. The average Bonchev–Trinajstić information content (AvgIpc) is 2.44. The summed E-state index contributed by atoms with van der Waals surface area (Å²) in [5, 5.41) is 0. The standard InChI is InChI=1S/C14H31N3O2S/c1-5-11-17(20(18,19)16(3)4)14(12-15)9-7-13(6-2)8-10-14/h13H,5-12,15H2,1-4H3. The fourth-order valence-corrected chi connectivity index (χ4v) is 4.73. The first-order valence-corrected chi connectivity index (χ1v) is 9.14. The summed E-state index contributed by atoms with van der Waals surface area (Å²) in [7, 11) is -0.215. The zero-order valence-corrected chi connectivity index (χ0v) is 14.2. The highest BCUT2D eigenvalue weighted by Gasteiger charge is 2.44. The largest absolute Gasteiger partial charge is 0.329 e. The van der Waals surface area contributed by atoms with E-state index in [2.05, 4.69) is 6.92 Å². The van der Waals surface area contributed by atoms with Crippen LogP contribution in [0.25, 0.3) is 0 Å². The number of nitrogens with two attached hydrogens (primary N) is 1. The molecule has 0 bridgehead atoms. The summed E-state index contributed by atoms with van der Waals surface area (Å²) < 4.78 is 28.2. The van der Waals surface area contributed by atoms with Gasteiger partial charge >= 0.3 is 0 Å². The molecule has 1 aliphatic rings. The smallest absolute Gasteiger partial charge is 0.282 e. The second-order valence-corrected chi connectivity index (χ2v) is 8.21. The average molecular weight is 305 g/mol. The molecule has 5 nitrogen and oxygen atoms in total. The molecular weight excluding hydrogens is 274 g/mol. The first-order chi connectivity index (χ1) is 9.34. The first-order valence-electron chi connectivity index (χ1n) is 7.74. The summed E-state index contributed by atoms with van der Waals surface area (Å²) in [6.07, 6.45) is 5.92. The van der Waals surface area contributed by atoms with Crippen molar-refractivity contribution in [3.05, 3.63) is 0 Å². The van der Waals surface area contributed by atoms with Gasteiger partial charge in [0.2, 0.25) is 0 Å². The van der Waals surface area contributed by atoms with Gasteiger partial charge in [-0.1, -0.05) is 20.3 Å². The van der Waals surface area contributed by atoms with Crippen LogP contribution in [-0.2, 0) is 10.2 Å². The van der Waals surface area contributed by atoms with Crippen LogP contribution in [0, 0.1) is 5.92 Å². The summed E-state index contributed by atoms with van der Waals surface area (Å²) in [6.45, 7) is 5.19. The molecule has 0 amide bonds. The number of hydrogen-bond donors (Lipinski definition) is 1. The van der Waals surface area contributed by atoms with E-state index in [-0.39, 0.29) is 5.54 Å². The van der Waals surface area contributed by atoms with Gasteiger partial charge in [-0.2, -0.15) is 17.0 Å². The van der Waals surface area contributed by atoms with Gasteiger partial charge in [-0.15, -0.1) is 0 Å². The van der Waals surface area contributed by atoms with Crippen molar-refractivity contribution in [3.8, 4) is 0 Å². The van der Waals surface area contributed by atoms with Crippen molar-refractivity contribution < 1.29 is 8.42 Å².